The molecule has 0 spiro atoms. The van der Waals surface area contributed by atoms with Crippen molar-refractivity contribution in [2.45, 2.75) is 294 Å². The first kappa shape index (κ1) is 106. The van der Waals surface area contributed by atoms with Crippen LogP contribution in [0.15, 0.2) is 39.9 Å². The van der Waals surface area contributed by atoms with E-state index in [9.17, 15) is 57.5 Å². The molecule has 678 valence electrons. The zero-order chi connectivity index (χ0) is 89.7. The summed E-state index contributed by atoms with van der Waals surface area (Å²) in [7, 11) is 1.40. The fourth-order valence-corrected chi connectivity index (χ4v) is 14.3. The molecule has 2 saturated heterocycles. The molecule has 0 bridgehead atoms. The Balaban J connectivity index is 2.52. The van der Waals surface area contributed by atoms with E-state index >= 15 is 0 Å². The first-order valence-corrected chi connectivity index (χ1v) is 42.8. The van der Waals surface area contributed by atoms with E-state index in [1.54, 1.807) is 74.1 Å². The van der Waals surface area contributed by atoms with Crippen LogP contribution in [0.1, 0.15) is 216 Å². The number of fused-ring (bicyclic) bond motifs is 1. The molecule has 2 rings (SSSR count). The Hall–Kier alpha value is -10.5. The number of carbonyl (C=O) groups is 12. The SMILES string of the molecule is CC[C@H](N)C(=O)N[C@@H](CCCN=C(C)N)C(=O)N[C@@H](CCCN=C(C)N)C(=O)N[C@@H](CCCN=C(C)N)C(=O)N[C@@H](CCCN=C(C)N)C(=O)N[C@@H](CCCN=C(C)N)C(=O)N[C@@H](CCCN=C(C)N)C(=O)NCCCCC(NC(=O)[C@H](CCCN=C(C)N)NC(=O)[C@H](CCCN=C(C)N)NC(=O)CCCC[C@@H]1SC[C@@H]2NC(=O)N[C@@H]21)C(=O)NC. The second kappa shape index (κ2) is 60.1. The second-order valence-electron chi connectivity index (χ2n) is 30.2. The highest BCUT2D eigenvalue weighted by Crippen LogP contribution is 2.33. The molecule has 13 amide bonds. The van der Waals surface area contributed by atoms with Crippen molar-refractivity contribution < 1.29 is 57.5 Å². The normalized spacial score (nSPS) is 17.9. The lowest BCUT2D eigenvalue weighted by molar-refractivity contribution is -0.136. The van der Waals surface area contributed by atoms with Crippen molar-refractivity contribution in [2.24, 2.45) is 91.5 Å². The summed E-state index contributed by atoms with van der Waals surface area (Å²) in [5.74, 6) is -4.33. The number of amides is 13. The molecule has 13 atom stereocenters. The van der Waals surface area contributed by atoms with Gasteiger partial charge < -0.3 is 121 Å². The summed E-state index contributed by atoms with van der Waals surface area (Å²) in [4.78, 5) is 203. The van der Waals surface area contributed by atoms with Crippen LogP contribution in [0, 0.1) is 0 Å². The van der Waals surface area contributed by atoms with Crippen LogP contribution in [0.5, 0.6) is 0 Å². The zero-order valence-corrected chi connectivity index (χ0v) is 72.9. The third kappa shape index (κ3) is 46.8. The first-order valence-electron chi connectivity index (χ1n) is 41.7. The molecule has 43 heteroatoms. The van der Waals surface area contributed by atoms with Gasteiger partial charge >= 0.3 is 6.03 Å². The summed E-state index contributed by atoms with van der Waals surface area (Å²) >= 11 is 1.78. The van der Waals surface area contributed by atoms with Crippen LogP contribution in [0.4, 0.5) is 4.79 Å². The summed E-state index contributed by atoms with van der Waals surface area (Å²) in [6.07, 6.45) is 5.16. The number of nitrogens with one attached hydrogen (secondary N) is 13. The van der Waals surface area contributed by atoms with Gasteiger partial charge in [0.25, 0.3) is 0 Å². The fourth-order valence-electron chi connectivity index (χ4n) is 12.7. The largest absolute Gasteiger partial charge is 0.388 e. The molecule has 2 aliphatic rings. The van der Waals surface area contributed by atoms with Gasteiger partial charge in [0.2, 0.25) is 65.0 Å². The highest BCUT2D eigenvalue weighted by molar-refractivity contribution is 8.00. The minimum atomic E-state index is -1.41. The molecule has 2 heterocycles. The Bertz CT molecular complexity index is 3510. The Kier molecular flexibility index (Phi) is 52.8. The quantitative estimate of drug-likeness (QED) is 0.0126. The van der Waals surface area contributed by atoms with E-state index in [1.807, 2.05) is 0 Å². The van der Waals surface area contributed by atoms with E-state index in [0.29, 0.717) is 49.6 Å². The summed E-state index contributed by atoms with van der Waals surface area (Å²) in [6, 6.07) is -12.3. The number of carbonyl (C=O) groups excluding carboxylic acids is 12. The van der Waals surface area contributed by atoms with Crippen molar-refractivity contribution in [3.63, 3.8) is 0 Å². The Morgan fingerprint density at radius 3 is 0.908 bits per heavy atom. The topological polar surface area (TPSA) is 694 Å². The first-order chi connectivity index (χ1) is 56.9. The molecule has 0 aliphatic carbocycles. The van der Waals surface area contributed by atoms with Gasteiger partial charge in [0, 0.05) is 83.4 Å². The van der Waals surface area contributed by atoms with Gasteiger partial charge in [-0.3, -0.25) is 92.7 Å². The van der Waals surface area contributed by atoms with E-state index in [-0.39, 0.29) is 233 Å². The van der Waals surface area contributed by atoms with Gasteiger partial charge in [0.15, 0.2) is 0 Å². The molecule has 42 nitrogen and oxygen atoms in total. The van der Waals surface area contributed by atoms with Crippen molar-refractivity contribution in [1.29, 1.82) is 0 Å². The lowest BCUT2D eigenvalue weighted by atomic mass is 10.0. The van der Waals surface area contributed by atoms with Crippen LogP contribution in [0.3, 0.4) is 0 Å². The van der Waals surface area contributed by atoms with Crippen molar-refractivity contribution in [2.75, 3.05) is 71.7 Å². The maximum Gasteiger partial charge on any atom is 0.315 e. The smallest absolute Gasteiger partial charge is 0.315 e. The number of amidine groups is 8. The predicted octanol–water partition coefficient (Wildman–Crippen LogP) is -2.90. The minimum Gasteiger partial charge on any atom is -0.388 e. The average molecular weight is 1710 g/mol. The third-order valence-corrected chi connectivity index (χ3v) is 20.6. The van der Waals surface area contributed by atoms with Crippen LogP contribution in [-0.4, -0.2) is 267 Å². The lowest BCUT2D eigenvalue weighted by Gasteiger charge is -2.28. The number of unbranched alkanes of at least 4 members (excludes halogenated alkanes) is 2. The highest BCUT2D eigenvalue weighted by Gasteiger charge is 2.43. The number of likely N-dealkylation sites (N-methyl/N-ethyl adjacent to an activating group) is 1. The molecule has 120 heavy (non-hydrogen) atoms. The van der Waals surface area contributed by atoms with Gasteiger partial charge in [-0.15, -0.1) is 0 Å². The van der Waals surface area contributed by atoms with Gasteiger partial charge in [-0.05, 0) is 197 Å². The molecule has 1 unspecified atom stereocenters. The minimum absolute atomic E-state index is 0.0144. The summed E-state index contributed by atoms with van der Waals surface area (Å²) in [6.45, 7) is 16.0. The molecule has 0 saturated carbocycles. The number of thioether (sulfide) groups is 1. The Morgan fingerprint density at radius 1 is 0.358 bits per heavy atom. The fraction of sp³-hybridized carbons (Fsp3) is 0.740. The average Bonchev–Trinajstić information content (AvgIpc) is 1.66. The van der Waals surface area contributed by atoms with Crippen molar-refractivity contribution in [1.82, 2.24) is 69.1 Å². The summed E-state index contributed by atoms with van der Waals surface area (Å²) < 4.78 is 0. The van der Waals surface area contributed by atoms with Crippen molar-refractivity contribution in [3.05, 3.63) is 0 Å². The number of nitrogens with zero attached hydrogens (tertiary/aromatic N) is 8. The van der Waals surface area contributed by atoms with Gasteiger partial charge in [-0.1, -0.05) is 13.3 Å². The van der Waals surface area contributed by atoms with Crippen LogP contribution >= 0.6 is 11.8 Å². The highest BCUT2D eigenvalue weighted by atomic mass is 32.2. The van der Waals surface area contributed by atoms with Gasteiger partial charge in [-0.25, -0.2) is 4.79 Å². The number of nitrogens with two attached hydrogens (primary N) is 9. The van der Waals surface area contributed by atoms with Gasteiger partial charge in [0.05, 0.1) is 64.8 Å². The Morgan fingerprint density at radius 2 is 0.625 bits per heavy atom. The van der Waals surface area contributed by atoms with E-state index in [4.69, 9.17) is 51.6 Å². The number of aliphatic imine (C=N–C) groups is 8. The van der Waals surface area contributed by atoms with Gasteiger partial charge in [-0.2, -0.15) is 11.8 Å². The van der Waals surface area contributed by atoms with Crippen molar-refractivity contribution >= 4 is 129 Å². The van der Waals surface area contributed by atoms with Crippen LogP contribution in [-0.2, 0) is 52.7 Å². The summed E-state index contributed by atoms with van der Waals surface area (Å²) in [5, 5.41) is 36.7. The zero-order valence-electron chi connectivity index (χ0n) is 72.1. The van der Waals surface area contributed by atoms with E-state index in [1.165, 1.54) is 7.05 Å². The molecular weight excluding hydrogens is 1570 g/mol. The molecule has 0 radical (unpaired) electrons. The lowest BCUT2D eigenvalue weighted by Crippen LogP contribution is -2.60. The number of hydrogen-bond donors (Lipinski definition) is 22. The predicted molar refractivity (Wildman–Crippen MR) is 472 cm³/mol. The van der Waals surface area contributed by atoms with Gasteiger partial charge in [0.1, 0.15) is 54.4 Å². The van der Waals surface area contributed by atoms with Crippen LogP contribution < -0.4 is 121 Å². The molecule has 0 aromatic heterocycles. The van der Waals surface area contributed by atoms with Crippen LogP contribution in [0.25, 0.3) is 0 Å². The molecule has 2 aliphatic heterocycles. The monoisotopic (exact) mass is 1710 g/mol. The number of urea groups is 1. The van der Waals surface area contributed by atoms with E-state index in [0.717, 1.165) is 12.2 Å². The van der Waals surface area contributed by atoms with E-state index in [2.05, 4.69) is 109 Å². The second-order valence-corrected chi connectivity index (χ2v) is 31.5. The molecule has 0 aromatic carbocycles. The standard InChI is InChI=1S/C77H142N30O12S/c1-11-53(86)67(109)98-57(27-18-38-90-47(4)80)71(113)102-60(30-21-41-93-50(7)83)74(116)104-62(32-23-43-95-52(9)85)76(118)105-61(31-22-42-94-51(8)84)75(117)103-59(29-20-40-92-49(6)82)73(115)100-55(25-16-36-88-45(2)78)69(111)96-35-15-14-24-54(68(110)87-10)99-72(114)58(28-19-39-91-48(5)81)101-70(112)56(26-17-37-89-46(3)79)97-65(108)34-13-12-33-64-66-63(44-120-64)106-77(119)107-66/h53-64,66H,11-44,86H2,1-10H3,(H2,78,88)(H2,79,89)(H2,80,90)(H2,81,91)(H2,82,92)(H2,83,93)(H2,84,94)(H2,85,95)(H,87,110)(H,96,111)(H,97,108)(H,98,109)(H,99,114)(H,100,115)(H,101,112)(H,102,113)(H,103,117)(H,104,116)(H,105,118)(H2,106,107,119)/t53-,54?,55-,56-,57-,58-,59-,60-,61-,62-,63-,64-,66-/m0/s1. The maximum atomic E-state index is 15.0. The van der Waals surface area contributed by atoms with E-state index < -0.39 is 119 Å². The molecule has 2 fully saturated rings. The number of rotatable bonds is 62. The molecular formula is C77H142N30O12S. The Labute approximate surface area is 710 Å². The number of hydrogen-bond acceptors (Lipinski definition) is 22. The summed E-state index contributed by atoms with van der Waals surface area (Å²) in [5.41, 5.74) is 52.8. The molecule has 0 aromatic rings. The maximum absolute atomic E-state index is 15.0. The van der Waals surface area contributed by atoms with Crippen LogP contribution in [0.2, 0.25) is 0 Å². The van der Waals surface area contributed by atoms with Crippen molar-refractivity contribution in [3.8, 4) is 0 Å². The third-order valence-electron chi connectivity index (χ3n) is 19.1. The molecule has 31 N–H and O–H groups in total.